The van der Waals surface area contributed by atoms with Crippen LogP contribution in [0.3, 0.4) is 0 Å². The van der Waals surface area contributed by atoms with Crippen molar-refractivity contribution in [1.82, 2.24) is 14.9 Å². The zero-order valence-electron chi connectivity index (χ0n) is 14.3. The van der Waals surface area contributed by atoms with Gasteiger partial charge in [0.05, 0.1) is 31.1 Å². The first-order valence-corrected chi connectivity index (χ1v) is 8.71. The van der Waals surface area contributed by atoms with E-state index in [0.717, 1.165) is 48.6 Å². The van der Waals surface area contributed by atoms with Crippen LogP contribution in [0.1, 0.15) is 47.1 Å². The van der Waals surface area contributed by atoms with Crippen LogP contribution in [-0.2, 0) is 0 Å². The number of likely N-dealkylation sites (tertiary alicyclic amines) is 1. The number of aryl methyl sites for hydroxylation is 1. The van der Waals surface area contributed by atoms with Crippen LogP contribution in [0, 0.1) is 6.92 Å². The van der Waals surface area contributed by atoms with Crippen molar-refractivity contribution in [3.05, 3.63) is 47.5 Å². The quantitative estimate of drug-likeness (QED) is 0.842. The van der Waals surface area contributed by atoms with Crippen LogP contribution in [-0.4, -0.2) is 40.5 Å². The summed E-state index contributed by atoms with van der Waals surface area (Å²) in [6.07, 6.45) is 5.98. The standard InChI is InChI=1S/C19H21N3O3/c1-13-11-21-15(12-20-13)19(23)22-7-2-4-16(22)14-5-6-17-18(10-14)25-9-3-8-24-17/h5-6,10-12,16H,2-4,7-9H2,1H3/t16-/m1/s1. The maximum Gasteiger partial charge on any atom is 0.274 e. The molecular weight excluding hydrogens is 318 g/mol. The van der Waals surface area contributed by atoms with Crippen molar-refractivity contribution < 1.29 is 14.3 Å². The molecule has 1 amide bonds. The molecule has 1 atom stereocenters. The molecular formula is C19H21N3O3. The molecule has 1 aromatic carbocycles. The third-order valence-electron chi connectivity index (χ3n) is 4.67. The number of carbonyl (C=O) groups excluding carboxylic acids is 1. The smallest absolute Gasteiger partial charge is 0.274 e. The van der Waals surface area contributed by atoms with Crippen LogP contribution in [0.5, 0.6) is 11.5 Å². The van der Waals surface area contributed by atoms with Crippen molar-refractivity contribution in [3.8, 4) is 11.5 Å². The number of aromatic nitrogens is 2. The lowest BCUT2D eigenvalue weighted by Gasteiger charge is -2.25. The molecule has 130 valence electrons. The first-order chi connectivity index (χ1) is 12.2. The Morgan fingerprint density at radius 2 is 1.96 bits per heavy atom. The molecule has 0 bridgehead atoms. The minimum absolute atomic E-state index is 0.0350. The average Bonchev–Trinajstić information content (AvgIpc) is 3.00. The van der Waals surface area contributed by atoms with Crippen LogP contribution < -0.4 is 9.47 Å². The van der Waals surface area contributed by atoms with Crippen molar-refractivity contribution in [2.45, 2.75) is 32.2 Å². The van der Waals surface area contributed by atoms with Gasteiger partial charge in [-0.2, -0.15) is 0 Å². The van der Waals surface area contributed by atoms with Gasteiger partial charge in [0.2, 0.25) is 0 Å². The summed E-state index contributed by atoms with van der Waals surface area (Å²) in [5.74, 6) is 1.48. The third-order valence-corrected chi connectivity index (χ3v) is 4.67. The van der Waals surface area contributed by atoms with E-state index in [9.17, 15) is 4.79 Å². The number of nitrogens with zero attached hydrogens (tertiary/aromatic N) is 3. The Hall–Kier alpha value is -2.63. The zero-order valence-corrected chi connectivity index (χ0v) is 14.3. The predicted molar refractivity (Wildman–Crippen MR) is 91.8 cm³/mol. The van der Waals surface area contributed by atoms with Crippen molar-refractivity contribution >= 4 is 5.91 Å². The summed E-state index contributed by atoms with van der Waals surface area (Å²) in [4.78, 5) is 23.2. The fourth-order valence-electron chi connectivity index (χ4n) is 3.39. The molecule has 2 aromatic rings. The fraction of sp³-hybridized carbons (Fsp3) is 0.421. The lowest BCUT2D eigenvalue weighted by Crippen LogP contribution is -2.31. The molecule has 6 heteroatoms. The molecule has 3 heterocycles. The molecule has 0 spiro atoms. The number of fused-ring (bicyclic) bond motifs is 1. The van der Waals surface area contributed by atoms with Gasteiger partial charge in [0, 0.05) is 19.2 Å². The monoisotopic (exact) mass is 339 g/mol. The van der Waals surface area contributed by atoms with E-state index in [-0.39, 0.29) is 11.9 Å². The highest BCUT2D eigenvalue weighted by Gasteiger charge is 2.32. The molecule has 0 saturated carbocycles. The van der Waals surface area contributed by atoms with Gasteiger partial charge in [0.25, 0.3) is 5.91 Å². The summed E-state index contributed by atoms with van der Waals surface area (Å²) >= 11 is 0. The summed E-state index contributed by atoms with van der Waals surface area (Å²) in [6.45, 7) is 3.92. The van der Waals surface area contributed by atoms with E-state index in [1.165, 1.54) is 0 Å². The van der Waals surface area contributed by atoms with E-state index in [0.29, 0.717) is 18.9 Å². The van der Waals surface area contributed by atoms with Crippen LogP contribution in [0.15, 0.2) is 30.6 Å². The second-order valence-corrected chi connectivity index (χ2v) is 6.46. The number of rotatable bonds is 2. The van der Waals surface area contributed by atoms with E-state index in [2.05, 4.69) is 9.97 Å². The molecule has 1 saturated heterocycles. The van der Waals surface area contributed by atoms with Gasteiger partial charge in [-0.15, -0.1) is 0 Å². The highest BCUT2D eigenvalue weighted by molar-refractivity contribution is 5.92. The maximum atomic E-state index is 12.9. The van der Waals surface area contributed by atoms with Crippen LogP contribution in [0.2, 0.25) is 0 Å². The van der Waals surface area contributed by atoms with Gasteiger partial charge in [0.15, 0.2) is 11.5 Å². The molecule has 1 aromatic heterocycles. The average molecular weight is 339 g/mol. The van der Waals surface area contributed by atoms with E-state index < -0.39 is 0 Å². The van der Waals surface area contributed by atoms with Gasteiger partial charge in [0.1, 0.15) is 5.69 Å². The third kappa shape index (κ3) is 3.16. The van der Waals surface area contributed by atoms with Gasteiger partial charge >= 0.3 is 0 Å². The molecule has 0 unspecified atom stereocenters. The molecule has 2 aliphatic rings. The number of ether oxygens (including phenoxy) is 2. The van der Waals surface area contributed by atoms with Crippen molar-refractivity contribution in [3.63, 3.8) is 0 Å². The Labute approximate surface area is 146 Å². The first kappa shape index (κ1) is 15.9. The molecule has 4 rings (SSSR count). The van der Waals surface area contributed by atoms with E-state index in [1.807, 2.05) is 30.0 Å². The molecule has 6 nitrogen and oxygen atoms in total. The topological polar surface area (TPSA) is 64.6 Å². The summed E-state index contributed by atoms with van der Waals surface area (Å²) in [7, 11) is 0. The lowest BCUT2D eigenvalue weighted by atomic mass is 10.0. The molecule has 1 fully saturated rings. The number of carbonyl (C=O) groups is 1. The van der Waals surface area contributed by atoms with Crippen LogP contribution in [0.4, 0.5) is 0 Å². The van der Waals surface area contributed by atoms with Crippen LogP contribution >= 0.6 is 0 Å². The number of amides is 1. The Balaban J connectivity index is 1.60. The Kier molecular flexibility index (Phi) is 4.26. The van der Waals surface area contributed by atoms with Crippen molar-refractivity contribution in [2.24, 2.45) is 0 Å². The molecule has 25 heavy (non-hydrogen) atoms. The maximum absolute atomic E-state index is 12.9. The SMILES string of the molecule is Cc1cnc(C(=O)N2CCC[C@@H]2c2ccc3c(c2)OCCCO3)cn1. The summed E-state index contributed by atoms with van der Waals surface area (Å²) in [5.41, 5.74) is 2.28. The van der Waals surface area contributed by atoms with Gasteiger partial charge in [-0.05, 0) is 37.5 Å². The van der Waals surface area contributed by atoms with E-state index >= 15 is 0 Å². The van der Waals surface area contributed by atoms with Gasteiger partial charge in [-0.25, -0.2) is 4.98 Å². The fourth-order valence-corrected chi connectivity index (χ4v) is 3.39. The minimum Gasteiger partial charge on any atom is -0.490 e. The normalized spacial score (nSPS) is 19.6. The Morgan fingerprint density at radius 1 is 1.12 bits per heavy atom. The predicted octanol–water partition coefficient (Wildman–Crippen LogP) is 2.92. The Bertz CT molecular complexity index is 776. The molecule has 2 aliphatic heterocycles. The van der Waals surface area contributed by atoms with Crippen molar-refractivity contribution in [2.75, 3.05) is 19.8 Å². The highest BCUT2D eigenvalue weighted by Crippen LogP contribution is 2.38. The van der Waals surface area contributed by atoms with Crippen molar-refractivity contribution in [1.29, 1.82) is 0 Å². The summed E-state index contributed by atoms with van der Waals surface area (Å²) in [6, 6.07) is 6.03. The van der Waals surface area contributed by atoms with Gasteiger partial charge < -0.3 is 14.4 Å². The zero-order chi connectivity index (χ0) is 17.2. The molecule has 0 radical (unpaired) electrons. The number of hydrogen-bond donors (Lipinski definition) is 0. The minimum atomic E-state index is -0.0675. The Morgan fingerprint density at radius 3 is 2.76 bits per heavy atom. The summed E-state index contributed by atoms with van der Waals surface area (Å²) in [5, 5.41) is 0. The van der Waals surface area contributed by atoms with Crippen LogP contribution in [0.25, 0.3) is 0 Å². The molecule has 0 N–H and O–H groups in total. The largest absolute Gasteiger partial charge is 0.490 e. The molecule has 0 aliphatic carbocycles. The first-order valence-electron chi connectivity index (χ1n) is 8.71. The number of hydrogen-bond acceptors (Lipinski definition) is 5. The number of benzene rings is 1. The lowest BCUT2D eigenvalue weighted by molar-refractivity contribution is 0.0729. The van der Waals surface area contributed by atoms with E-state index in [4.69, 9.17) is 9.47 Å². The second-order valence-electron chi connectivity index (χ2n) is 6.46. The van der Waals surface area contributed by atoms with Gasteiger partial charge in [-0.1, -0.05) is 6.07 Å². The van der Waals surface area contributed by atoms with E-state index in [1.54, 1.807) is 12.4 Å². The highest BCUT2D eigenvalue weighted by atomic mass is 16.5. The second kappa shape index (κ2) is 6.70. The van der Waals surface area contributed by atoms with Gasteiger partial charge in [-0.3, -0.25) is 9.78 Å². The summed E-state index contributed by atoms with van der Waals surface area (Å²) < 4.78 is 11.5.